The number of halogens is 1. The molecule has 0 bridgehead atoms. The fraction of sp³-hybridized carbons (Fsp3) is 0.333. The molecule has 2 atom stereocenters. The minimum Gasteiger partial charge on any atom is -0.313 e. The molecule has 1 nitrogen and oxygen atoms in total. The zero-order valence-corrected chi connectivity index (χ0v) is 12.0. The molecule has 1 aliphatic carbocycles. The van der Waals surface area contributed by atoms with Gasteiger partial charge in [0.2, 0.25) is 0 Å². The third-order valence-corrected chi connectivity index (χ3v) is 4.45. The van der Waals surface area contributed by atoms with Crippen molar-refractivity contribution < 1.29 is 4.39 Å². The van der Waals surface area contributed by atoms with E-state index in [9.17, 15) is 4.39 Å². The molecule has 0 aromatic heterocycles. The average Bonchev–Trinajstić information content (AvgIpc) is 2.80. The normalized spacial score (nSPS) is 20.9. The lowest BCUT2D eigenvalue weighted by Crippen LogP contribution is -2.23. The highest BCUT2D eigenvalue weighted by atomic mass is 19.1. The molecule has 20 heavy (non-hydrogen) atoms. The van der Waals surface area contributed by atoms with E-state index in [-0.39, 0.29) is 5.82 Å². The maximum atomic E-state index is 13.4. The first kappa shape index (κ1) is 13.3. The van der Waals surface area contributed by atoms with Crippen LogP contribution in [0.25, 0.3) is 0 Å². The van der Waals surface area contributed by atoms with Gasteiger partial charge < -0.3 is 5.32 Å². The Labute approximate surface area is 119 Å². The van der Waals surface area contributed by atoms with Gasteiger partial charge >= 0.3 is 0 Å². The molecule has 2 heteroatoms. The van der Waals surface area contributed by atoms with Gasteiger partial charge in [0.05, 0.1) is 0 Å². The summed E-state index contributed by atoms with van der Waals surface area (Å²) >= 11 is 0. The number of fused-ring (bicyclic) bond motifs is 1. The number of rotatable bonds is 3. The SMILES string of the molecule is CNC1c2ccccc2CC1Cc1cc(F)ccc1C. The van der Waals surface area contributed by atoms with E-state index in [2.05, 4.69) is 36.5 Å². The zero-order valence-electron chi connectivity index (χ0n) is 12.0. The molecule has 3 rings (SSSR count). The quantitative estimate of drug-likeness (QED) is 0.893. The minimum atomic E-state index is -0.137. The van der Waals surface area contributed by atoms with Crippen LogP contribution in [0.2, 0.25) is 0 Å². The highest BCUT2D eigenvalue weighted by Crippen LogP contribution is 2.38. The van der Waals surface area contributed by atoms with E-state index in [0.717, 1.165) is 18.4 Å². The first-order valence-electron chi connectivity index (χ1n) is 7.19. The largest absolute Gasteiger partial charge is 0.313 e. The van der Waals surface area contributed by atoms with E-state index in [1.165, 1.54) is 22.8 Å². The van der Waals surface area contributed by atoms with Crippen molar-refractivity contribution in [2.24, 2.45) is 5.92 Å². The van der Waals surface area contributed by atoms with Crippen molar-refractivity contribution >= 4 is 0 Å². The molecular weight excluding hydrogens is 249 g/mol. The molecule has 0 spiro atoms. The highest BCUT2D eigenvalue weighted by molar-refractivity contribution is 5.37. The Hall–Kier alpha value is -1.67. The van der Waals surface area contributed by atoms with E-state index in [4.69, 9.17) is 0 Å². The van der Waals surface area contributed by atoms with Crippen LogP contribution in [0.1, 0.15) is 28.3 Å². The maximum absolute atomic E-state index is 13.4. The monoisotopic (exact) mass is 269 g/mol. The number of benzene rings is 2. The van der Waals surface area contributed by atoms with Crippen LogP contribution >= 0.6 is 0 Å². The molecular formula is C18H20FN. The molecule has 0 heterocycles. The molecule has 0 amide bonds. The van der Waals surface area contributed by atoms with Crippen molar-refractivity contribution in [2.45, 2.75) is 25.8 Å². The maximum Gasteiger partial charge on any atom is 0.123 e. The molecule has 1 N–H and O–H groups in total. The van der Waals surface area contributed by atoms with Crippen LogP contribution < -0.4 is 5.32 Å². The number of aryl methyl sites for hydroxylation is 1. The van der Waals surface area contributed by atoms with Crippen LogP contribution in [0.4, 0.5) is 4.39 Å². The van der Waals surface area contributed by atoms with E-state index in [1.54, 1.807) is 6.07 Å². The fourth-order valence-electron chi connectivity index (χ4n) is 3.40. The van der Waals surface area contributed by atoms with Gasteiger partial charge in [0.15, 0.2) is 0 Å². The molecule has 0 radical (unpaired) electrons. The second-order valence-electron chi connectivity index (χ2n) is 5.70. The topological polar surface area (TPSA) is 12.0 Å². The Morgan fingerprint density at radius 3 is 2.80 bits per heavy atom. The number of nitrogens with one attached hydrogen (secondary N) is 1. The van der Waals surface area contributed by atoms with Crippen LogP contribution in [0, 0.1) is 18.7 Å². The van der Waals surface area contributed by atoms with Gasteiger partial charge in [-0.2, -0.15) is 0 Å². The fourth-order valence-corrected chi connectivity index (χ4v) is 3.40. The summed E-state index contributed by atoms with van der Waals surface area (Å²) < 4.78 is 13.4. The van der Waals surface area contributed by atoms with Crippen LogP contribution in [0.15, 0.2) is 42.5 Å². The van der Waals surface area contributed by atoms with Gasteiger partial charge in [0.1, 0.15) is 5.82 Å². The van der Waals surface area contributed by atoms with Crippen molar-refractivity contribution in [3.05, 3.63) is 70.5 Å². The Morgan fingerprint density at radius 2 is 2.00 bits per heavy atom. The van der Waals surface area contributed by atoms with Gasteiger partial charge in [-0.1, -0.05) is 30.3 Å². The summed E-state index contributed by atoms with van der Waals surface area (Å²) in [6, 6.07) is 14.1. The third kappa shape index (κ3) is 2.36. The average molecular weight is 269 g/mol. The van der Waals surface area contributed by atoms with Gasteiger partial charge in [-0.3, -0.25) is 0 Å². The predicted molar refractivity (Wildman–Crippen MR) is 80.3 cm³/mol. The van der Waals surface area contributed by atoms with Crippen LogP contribution in [-0.4, -0.2) is 7.05 Å². The molecule has 0 fully saturated rings. The summed E-state index contributed by atoms with van der Waals surface area (Å²) in [5, 5.41) is 3.43. The van der Waals surface area contributed by atoms with Crippen molar-refractivity contribution in [3.63, 3.8) is 0 Å². The van der Waals surface area contributed by atoms with E-state index >= 15 is 0 Å². The second kappa shape index (κ2) is 5.37. The predicted octanol–water partition coefficient (Wildman–Crippen LogP) is 3.81. The molecule has 2 aromatic carbocycles. The van der Waals surface area contributed by atoms with Crippen molar-refractivity contribution in [2.75, 3.05) is 7.05 Å². The molecule has 1 aliphatic rings. The summed E-state index contributed by atoms with van der Waals surface area (Å²) in [7, 11) is 2.01. The standard InChI is InChI=1S/C18H20FN/c1-12-7-8-16(19)11-14(12)10-15-9-13-5-3-4-6-17(13)18(15)20-2/h3-8,11,15,18,20H,9-10H2,1-2H3. The van der Waals surface area contributed by atoms with Crippen molar-refractivity contribution in [3.8, 4) is 0 Å². The summed E-state index contributed by atoms with van der Waals surface area (Å²) in [5.74, 6) is 0.361. The Bertz CT molecular complexity index is 621. The van der Waals surface area contributed by atoms with E-state index in [0.29, 0.717) is 12.0 Å². The lowest BCUT2D eigenvalue weighted by atomic mass is 9.91. The number of hydrogen-bond acceptors (Lipinski definition) is 1. The molecule has 0 saturated carbocycles. The molecule has 104 valence electrons. The van der Waals surface area contributed by atoms with Gasteiger partial charge in [0.25, 0.3) is 0 Å². The highest BCUT2D eigenvalue weighted by Gasteiger charge is 2.31. The van der Waals surface area contributed by atoms with Crippen LogP contribution in [0.3, 0.4) is 0 Å². The van der Waals surface area contributed by atoms with E-state index in [1.807, 2.05) is 13.1 Å². The minimum absolute atomic E-state index is 0.137. The molecule has 2 aromatic rings. The summed E-state index contributed by atoms with van der Waals surface area (Å²) in [5.41, 5.74) is 5.13. The summed E-state index contributed by atoms with van der Waals surface area (Å²) in [4.78, 5) is 0. The van der Waals surface area contributed by atoms with Gasteiger partial charge in [0, 0.05) is 6.04 Å². The molecule has 0 aliphatic heterocycles. The summed E-state index contributed by atoms with van der Waals surface area (Å²) in [6.07, 6.45) is 1.99. The van der Waals surface area contributed by atoms with Crippen LogP contribution in [-0.2, 0) is 12.8 Å². The van der Waals surface area contributed by atoms with Gasteiger partial charge in [-0.05, 0) is 67.1 Å². The Morgan fingerprint density at radius 1 is 1.20 bits per heavy atom. The first-order valence-corrected chi connectivity index (χ1v) is 7.19. The molecule has 0 saturated heterocycles. The van der Waals surface area contributed by atoms with Gasteiger partial charge in [-0.15, -0.1) is 0 Å². The van der Waals surface area contributed by atoms with Gasteiger partial charge in [-0.25, -0.2) is 4.39 Å². The lowest BCUT2D eigenvalue weighted by Gasteiger charge is -2.21. The second-order valence-corrected chi connectivity index (χ2v) is 5.70. The van der Waals surface area contributed by atoms with Crippen molar-refractivity contribution in [1.29, 1.82) is 0 Å². The Kier molecular flexibility index (Phi) is 3.58. The van der Waals surface area contributed by atoms with Crippen molar-refractivity contribution in [1.82, 2.24) is 5.32 Å². The Balaban J connectivity index is 1.87. The lowest BCUT2D eigenvalue weighted by molar-refractivity contribution is 0.409. The van der Waals surface area contributed by atoms with E-state index < -0.39 is 0 Å². The smallest absolute Gasteiger partial charge is 0.123 e. The first-order chi connectivity index (χ1) is 9.69. The number of hydrogen-bond donors (Lipinski definition) is 1. The van der Waals surface area contributed by atoms with Crippen LogP contribution in [0.5, 0.6) is 0 Å². The summed E-state index contributed by atoms with van der Waals surface area (Å²) in [6.45, 7) is 2.06. The third-order valence-electron chi connectivity index (χ3n) is 4.45. The zero-order chi connectivity index (χ0) is 14.1. The molecule has 2 unspecified atom stereocenters.